The number of carbonyl (C=O) groups excluding carboxylic acids is 1. The van der Waals surface area contributed by atoms with Crippen molar-refractivity contribution in [2.24, 2.45) is 0 Å². The fourth-order valence-electron chi connectivity index (χ4n) is 4.32. The van der Waals surface area contributed by atoms with Crippen molar-refractivity contribution < 1.29 is 14.3 Å². The number of hydrogen-bond donors (Lipinski definition) is 2. The van der Waals surface area contributed by atoms with Crippen molar-refractivity contribution >= 4 is 17.5 Å². The monoisotopic (exact) mass is 482 g/mol. The first kappa shape index (κ1) is 23.1. The molecule has 1 aliphatic heterocycles. The van der Waals surface area contributed by atoms with Crippen LogP contribution in [0, 0.1) is 6.92 Å². The van der Waals surface area contributed by atoms with Gasteiger partial charge in [-0.05, 0) is 44.2 Å². The Kier molecular flexibility index (Phi) is 6.12. The Hall–Kier alpha value is -4.66. The van der Waals surface area contributed by atoms with Crippen LogP contribution in [0.25, 0.3) is 11.4 Å². The second-order valence-electron chi connectivity index (χ2n) is 8.44. The van der Waals surface area contributed by atoms with Crippen molar-refractivity contribution in [1.82, 2.24) is 19.7 Å². The first-order chi connectivity index (χ1) is 17.5. The molecular formula is C27H26N6O3. The van der Waals surface area contributed by atoms with Crippen molar-refractivity contribution in [1.29, 1.82) is 0 Å². The predicted molar refractivity (Wildman–Crippen MR) is 137 cm³/mol. The summed E-state index contributed by atoms with van der Waals surface area (Å²) in [5.74, 6) is 2.02. The van der Waals surface area contributed by atoms with Gasteiger partial charge in [0.05, 0.1) is 31.7 Å². The second kappa shape index (κ2) is 9.53. The lowest BCUT2D eigenvalue weighted by atomic mass is 9.94. The number of nitrogens with zero attached hydrogens (tertiary/aromatic N) is 4. The topological polar surface area (TPSA) is 103 Å². The van der Waals surface area contributed by atoms with Crippen LogP contribution in [0.1, 0.15) is 24.1 Å². The zero-order chi connectivity index (χ0) is 25.2. The van der Waals surface area contributed by atoms with Gasteiger partial charge in [-0.15, -0.1) is 5.10 Å². The van der Waals surface area contributed by atoms with E-state index in [9.17, 15) is 4.79 Å². The summed E-state index contributed by atoms with van der Waals surface area (Å²) in [6.45, 7) is 3.88. The molecule has 4 aromatic rings. The summed E-state index contributed by atoms with van der Waals surface area (Å²) >= 11 is 0. The Labute approximate surface area is 208 Å². The van der Waals surface area contributed by atoms with Crippen LogP contribution < -0.4 is 20.1 Å². The smallest absolute Gasteiger partial charge is 0.255 e. The van der Waals surface area contributed by atoms with E-state index in [1.54, 1.807) is 49.5 Å². The number of anilines is 2. The average Bonchev–Trinajstić information content (AvgIpc) is 3.31. The fraction of sp³-hybridized carbons (Fsp3) is 0.185. The van der Waals surface area contributed by atoms with Crippen LogP contribution in [0.15, 0.2) is 78.3 Å². The highest BCUT2D eigenvalue weighted by Gasteiger charge is 2.36. The van der Waals surface area contributed by atoms with Crippen LogP contribution >= 0.6 is 0 Å². The van der Waals surface area contributed by atoms with Gasteiger partial charge in [-0.1, -0.05) is 23.8 Å². The first-order valence-electron chi connectivity index (χ1n) is 11.4. The number of aromatic nitrogens is 4. The fourth-order valence-corrected chi connectivity index (χ4v) is 4.32. The van der Waals surface area contributed by atoms with Crippen molar-refractivity contribution in [3.63, 3.8) is 0 Å². The molecule has 2 N–H and O–H groups in total. The van der Waals surface area contributed by atoms with Crippen LogP contribution in [0.4, 0.5) is 11.6 Å². The Morgan fingerprint density at radius 1 is 1.06 bits per heavy atom. The van der Waals surface area contributed by atoms with Gasteiger partial charge in [0.1, 0.15) is 17.5 Å². The van der Waals surface area contributed by atoms with Gasteiger partial charge in [0.25, 0.3) is 5.91 Å². The largest absolute Gasteiger partial charge is 0.497 e. The maximum atomic E-state index is 13.7. The van der Waals surface area contributed by atoms with Crippen LogP contribution in [0.5, 0.6) is 11.5 Å². The first-order valence-corrected chi connectivity index (χ1v) is 11.4. The highest BCUT2D eigenvalue weighted by molar-refractivity contribution is 6.06. The molecule has 0 saturated carbocycles. The number of carbonyl (C=O) groups is 1. The summed E-state index contributed by atoms with van der Waals surface area (Å²) in [5.41, 5.74) is 4.47. The molecule has 2 aromatic heterocycles. The Morgan fingerprint density at radius 2 is 1.92 bits per heavy atom. The summed E-state index contributed by atoms with van der Waals surface area (Å²) in [6.07, 6.45) is 3.26. The summed E-state index contributed by atoms with van der Waals surface area (Å²) in [5, 5.41) is 11.1. The Bertz CT molecular complexity index is 1460. The molecule has 0 radical (unpaired) electrons. The SMILES string of the molecule is COc1ccc(C2C(C(=O)Nc3cccnc3)=C(C)Nc3nc(-c4cccc(C)c4)nn32)c(OC)c1. The molecule has 1 atom stereocenters. The van der Waals surface area contributed by atoms with Gasteiger partial charge < -0.3 is 20.1 Å². The van der Waals surface area contributed by atoms with Crippen LogP contribution in [-0.2, 0) is 4.79 Å². The highest BCUT2D eigenvalue weighted by Crippen LogP contribution is 2.41. The molecular weight excluding hydrogens is 456 g/mol. The van der Waals surface area contributed by atoms with E-state index in [1.165, 1.54) is 0 Å². The lowest BCUT2D eigenvalue weighted by Crippen LogP contribution is -2.31. The van der Waals surface area contributed by atoms with Gasteiger partial charge in [0.15, 0.2) is 5.82 Å². The number of benzene rings is 2. The van der Waals surface area contributed by atoms with E-state index in [1.807, 2.05) is 50.2 Å². The minimum Gasteiger partial charge on any atom is -0.497 e. The normalized spacial score (nSPS) is 14.6. The standard InChI is InChI=1S/C27H26N6O3/c1-16-7-5-8-18(13-16)25-31-27-29-17(2)23(26(34)30-19-9-6-12-28-15-19)24(33(27)32-25)21-11-10-20(35-3)14-22(21)36-4/h5-15,24H,1-4H3,(H,30,34)(H,29,31,32). The zero-order valence-corrected chi connectivity index (χ0v) is 20.4. The number of allylic oxidation sites excluding steroid dienone is 1. The minimum atomic E-state index is -0.607. The number of aryl methyl sites for hydroxylation is 1. The van der Waals surface area contributed by atoms with E-state index >= 15 is 0 Å². The van der Waals surface area contributed by atoms with Crippen molar-refractivity contribution in [2.75, 3.05) is 24.9 Å². The lowest BCUT2D eigenvalue weighted by Gasteiger charge is -2.29. The molecule has 1 unspecified atom stereocenters. The third-order valence-electron chi connectivity index (χ3n) is 6.03. The van der Waals surface area contributed by atoms with Gasteiger partial charge in [0.2, 0.25) is 5.95 Å². The number of hydrogen-bond acceptors (Lipinski definition) is 7. The highest BCUT2D eigenvalue weighted by atomic mass is 16.5. The molecule has 3 heterocycles. The van der Waals surface area contributed by atoms with Gasteiger partial charge in [-0.2, -0.15) is 4.98 Å². The van der Waals surface area contributed by atoms with Crippen LogP contribution in [-0.4, -0.2) is 39.9 Å². The van der Waals surface area contributed by atoms with Gasteiger partial charge in [0, 0.05) is 29.1 Å². The molecule has 0 bridgehead atoms. The van der Waals surface area contributed by atoms with E-state index in [2.05, 4.69) is 15.6 Å². The summed E-state index contributed by atoms with van der Waals surface area (Å²) < 4.78 is 12.8. The van der Waals surface area contributed by atoms with Gasteiger partial charge >= 0.3 is 0 Å². The molecule has 9 nitrogen and oxygen atoms in total. The van der Waals surface area contributed by atoms with Crippen molar-refractivity contribution in [3.05, 3.63) is 89.4 Å². The van der Waals surface area contributed by atoms with Crippen molar-refractivity contribution in [3.8, 4) is 22.9 Å². The Morgan fingerprint density at radius 3 is 2.64 bits per heavy atom. The maximum absolute atomic E-state index is 13.7. The molecule has 182 valence electrons. The summed E-state index contributed by atoms with van der Waals surface area (Å²) in [4.78, 5) is 22.5. The van der Waals surface area contributed by atoms with E-state index in [4.69, 9.17) is 19.6 Å². The van der Waals surface area contributed by atoms with Crippen LogP contribution in [0.2, 0.25) is 0 Å². The number of amides is 1. The molecule has 9 heteroatoms. The van der Waals surface area contributed by atoms with E-state index in [0.717, 1.165) is 16.7 Å². The van der Waals surface area contributed by atoms with Crippen LogP contribution in [0.3, 0.4) is 0 Å². The minimum absolute atomic E-state index is 0.283. The molecule has 0 spiro atoms. The summed E-state index contributed by atoms with van der Waals surface area (Å²) in [6, 6.07) is 16.5. The number of rotatable bonds is 6. The van der Waals surface area contributed by atoms with Gasteiger partial charge in [-0.25, -0.2) is 4.68 Å². The molecule has 5 rings (SSSR count). The molecule has 1 aliphatic rings. The molecule has 0 fully saturated rings. The van der Waals surface area contributed by atoms with Gasteiger partial charge in [-0.3, -0.25) is 9.78 Å². The lowest BCUT2D eigenvalue weighted by molar-refractivity contribution is -0.113. The average molecular weight is 483 g/mol. The predicted octanol–water partition coefficient (Wildman–Crippen LogP) is 4.59. The summed E-state index contributed by atoms with van der Waals surface area (Å²) in [7, 11) is 3.19. The number of nitrogens with one attached hydrogen (secondary N) is 2. The maximum Gasteiger partial charge on any atom is 0.255 e. The molecule has 0 saturated heterocycles. The molecule has 36 heavy (non-hydrogen) atoms. The zero-order valence-electron chi connectivity index (χ0n) is 20.4. The second-order valence-corrected chi connectivity index (χ2v) is 8.44. The third-order valence-corrected chi connectivity index (χ3v) is 6.03. The number of fused-ring (bicyclic) bond motifs is 1. The molecule has 2 aromatic carbocycles. The number of pyridine rings is 1. The number of methoxy groups -OCH3 is 2. The van der Waals surface area contributed by atoms with E-state index in [0.29, 0.717) is 40.2 Å². The number of ether oxygens (including phenoxy) is 2. The quantitative estimate of drug-likeness (QED) is 0.414. The molecule has 0 aliphatic carbocycles. The van der Waals surface area contributed by atoms with Crippen molar-refractivity contribution in [2.45, 2.75) is 19.9 Å². The molecule has 1 amide bonds. The Balaban J connectivity index is 1.66. The third kappa shape index (κ3) is 4.26. The van der Waals surface area contributed by atoms with E-state index < -0.39 is 6.04 Å². The van der Waals surface area contributed by atoms with E-state index in [-0.39, 0.29) is 5.91 Å².